The monoisotopic (exact) mass is 393 g/mol. The molecule has 0 fully saturated rings. The Morgan fingerprint density at radius 2 is 1.72 bits per heavy atom. The number of fused-ring (bicyclic) bond motifs is 1. The number of aliphatic carboxylic acids is 1. The van der Waals surface area contributed by atoms with Crippen LogP contribution in [-0.2, 0) is 16.1 Å². The number of benzene rings is 2. The molecule has 1 atom stereocenters. The molecule has 0 radical (unpaired) electrons. The molecule has 7 nitrogen and oxygen atoms in total. The number of nitrogens with zero attached hydrogens (tertiary/aromatic N) is 2. The summed E-state index contributed by atoms with van der Waals surface area (Å²) in [5.41, 5.74) is 1.15. The molecular formula is C22H23N3O4. The number of carboxylic acids is 1. The van der Waals surface area contributed by atoms with E-state index in [2.05, 4.69) is 10.3 Å². The van der Waals surface area contributed by atoms with Crippen molar-refractivity contribution in [3.63, 3.8) is 0 Å². The third kappa shape index (κ3) is 5.28. The van der Waals surface area contributed by atoms with E-state index in [0.29, 0.717) is 29.4 Å². The van der Waals surface area contributed by atoms with E-state index in [9.17, 15) is 19.5 Å². The molecule has 0 saturated carbocycles. The molecule has 1 aromatic heterocycles. The minimum absolute atomic E-state index is 0.0690. The summed E-state index contributed by atoms with van der Waals surface area (Å²) >= 11 is 0. The van der Waals surface area contributed by atoms with Crippen molar-refractivity contribution < 1.29 is 14.7 Å². The van der Waals surface area contributed by atoms with Gasteiger partial charge in [-0.3, -0.25) is 14.2 Å². The van der Waals surface area contributed by atoms with Gasteiger partial charge >= 0.3 is 5.97 Å². The van der Waals surface area contributed by atoms with Gasteiger partial charge in [0.25, 0.3) is 5.56 Å². The first-order valence-electron chi connectivity index (χ1n) is 9.57. The van der Waals surface area contributed by atoms with E-state index in [0.717, 1.165) is 12.8 Å². The number of unbranched alkanes of at least 4 members (excludes halogenated alkanes) is 2. The highest BCUT2D eigenvalue weighted by Crippen LogP contribution is 2.13. The number of para-hydroxylation sites is 1. The van der Waals surface area contributed by atoms with Crippen LogP contribution in [0.5, 0.6) is 0 Å². The lowest BCUT2D eigenvalue weighted by Crippen LogP contribution is -2.33. The van der Waals surface area contributed by atoms with Crippen LogP contribution in [-0.4, -0.2) is 26.5 Å². The second-order valence-corrected chi connectivity index (χ2v) is 6.82. The molecule has 0 bridgehead atoms. The highest BCUT2D eigenvalue weighted by atomic mass is 16.4. The van der Waals surface area contributed by atoms with E-state index >= 15 is 0 Å². The minimum atomic E-state index is -1.09. The average molecular weight is 393 g/mol. The molecule has 1 amide bonds. The molecule has 7 heteroatoms. The fourth-order valence-electron chi connectivity index (χ4n) is 3.18. The van der Waals surface area contributed by atoms with Gasteiger partial charge in [-0.25, -0.2) is 9.78 Å². The summed E-state index contributed by atoms with van der Waals surface area (Å²) in [4.78, 5) is 40.3. The zero-order chi connectivity index (χ0) is 20.6. The molecule has 0 saturated heterocycles. The number of rotatable bonds is 9. The molecule has 0 spiro atoms. The Hall–Kier alpha value is -3.48. The van der Waals surface area contributed by atoms with Gasteiger partial charge < -0.3 is 10.4 Å². The third-order valence-electron chi connectivity index (χ3n) is 4.72. The van der Waals surface area contributed by atoms with Crippen LogP contribution in [0.3, 0.4) is 0 Å². The summed E-state index contributed by atoms with van der Waals surface area (Å²) in [6.07, 6.45) is 3.88. The van der Waals surface area contributed by atoms with Crippen molar-refractivity contribution in [2.45, 2.75) is 38.3 Å². The second-order valence-electron chi connectivity index (χ2n) is 6.82. The summed E-state index contributed by atoms with van der Waals surface area (Å²) in [5, 5.41) is 12.5. The molecule has 0 aliphatic rings. The van der Waals surface area contributed by atoms with Crippen molar-refractivity contribution in [3.8, 4) is 0 Å². The molecule has 0 aliphatic heterocycles. The number of amides is 1. The molecule has 1 unspecified atom stereocenters. The van der Waals surface area contributed by atoms with Crippen LogP contribution in [0.1, 0.15) is 37.3 Å². The van der Waals surface area contributed by atoms with Crippen molar-refractivity contribution in [2.24, 2.45) is 0 Å². The number of carbonyl (C=O) groups excluding carboxylic acids is 1. The quantitative estimate of drug-likeness (QED) is 0.544. The normalized spacial score (nSPS) is 11.9. The molecule has 2 N–H and O–H groups in total. The Morgan fingerprint density at radius 3 is 2.48 bits per heavy atom. The van der Waals surface area contributed by atoms with Crippen LogP contribution in [0.25, 0.3) is 10.9 Å². The third-order valence-corrected chi connectivity index (χ3v) is 4.72. The lowest BCUT2D eigenvalue weighted by Gasteiger charge is -2.14. The Kier molecular flexibility index (Phi) is 6.73. The number of aromatic nitrogens is 2. The van der Waals surface area contributed by atoms with Gasteiger partial charge in [-0.15, -0.1) is 0 Å². The summed E-state index contributed by atoms with van der Waals surface area (Å²) < 4.78 is 1.58. The van der Waals surface area contributed by atoms with Gasteiger partial charge in [-0.2, -0.15) is 0 Å². The molecule has 3 aromatic rings. The lowest BCUT2D eigenvalue weighted by atomic mass is 10.1. The summed E-state index contributed by atoms with van der Waals surface area (Å²) in [7, 11) is 0. The first-order valence-corrected chi connectivity index (χ1v) is 9.57. The first kappa shape index (κ1) is 20.3. The van der Waals surface area contributed by atoms with Gasteiger partial charge in [0.1, 0.15) is 0 Å². The number of carbonyl (C=O) groups is 2. The molecule has 1 heterocycles. The van der Waals surface area contributed by atoms with Gasteiger partial charge in [-0.1, -0.05) is 48.9 Å². The fraction of sp³-hybridized carbons (Fsp3) is 0.273. The van der Waals surface area contributed by atoms with Gasteiger partial charge in [0.05, 0.1) is 17.2 Å². The molecular weight excluding hydrogens is 370 g/mol. The summed E-state index contributed by atoms with van der Waals surface area (Å²) in [6.45, 7) is 0.528. The minimum Gasteiger partial charge on any atom is -0.479 e. The van der Waals surface area contributed by atoms with E-state index in [1.54, 1.807) is 53.4 Å². The predicted octanol–water partition coefficient (Wildman–Crippen LogP) is 2.90. The van der Waals surface area contributed by atoms with Crippen LogP contribution in [0.15, 0.2) is 65.7 Å². The van der Waals surface area contributed by atoms with Crippen LogP contribution in [0.4, 0.5) is 0 Å². The van der Waals surface area contributed by atoms with Crippen molar-refractivity contribution >= 4 is 22.8 Å². The Labute approximate surface area is 168 Å². The largest absolute Gasteiger partial charge is 0.479 e. The number of carboxylic acid groups (broad SMARTS) is 1. The van der Waals surface area contributed by atoms with Gasteiger partial charge in [0.15, 0.2) is 6.04 Å². The highest BCUT2D eigenvalue weighted by molar-refractivity contribution is 5.84. The second kappa shape index (κ2) is 9.64. The number of aryl methyl sites for hydroxylation is 1. The van der Waals surface area contributed by atoms with Crippen molar-refractivity contribution in [1.82, 2.24) is 14.9 Å². The molecule has 0 aliphatic carbocycles. The van der Waals surface area contributed by atoms with Crippen molar-refractivity contribution in [3.05, 3.63) is 76.8 Å². The Bertz CT molecular complexity index is 1050. The van der Waals surface area contributed by atoms with E-state index in [-0.39, 0.29) is 17.9 Å². The van der Waals surface area contributed by atoms with Crippen LogP contribution >= 0.6 is 0 Å². The molecule has 2 aromatic carbocycles. The zero-order valence-corrected chi connectivity index (χ0v) is 16.0. The van der Waals surface area contributed by atoms with Crippen LogP contribution in [0.2, 0.25) is 0 Å². The Morgan fingerprint density at radius 1 is 1.00 bits per heavy atom. The lowest BCUT2D eigenvalue weighted by molar-refractivity contribution is -0.142. The molecule has 29 heavy (non-hydrogen) atoms. The molecule has 3 rings (SSSR count). The van der Waals surface area contributed by atoms with Crippen LogP contribution < -0.4 is 10.9 Å². The van der Waals surface area contributed by atoms with Crippen molar-refractivity contribution in [1.29, 1.82) is 0 Å². The van der Waals surface area contributed by atoms with E-state index in [1.165, 1.54) is 0 Å². The molecule has 150 valence electrons. The summed E-state index contributed by atoms with van der Waals surface area (Å²) in [6, 6.07) is 14.8. The predicted molar refractivity (Wildman–Crippen MR) is 109 cm³/mol. The maximum atomic E-state index is 12.4. The topological polar surface area (TPSA) is 101 Å². The van der Waals surface area contributed by atoms with Gasteiger partial charge in [-0.05, 0) is 30.5 Å². The Balaban J connectivity index is 1.46. The van der Waals surface area contributed by atoms with Crippen molar-refractivity contribution in [2.75, 3.05) is 0 Å². The summed E-state index contributed by atoms with van der Waals surface area (Å²) in [5.74, 6) is -1.39. The van der Waals surface area contributed by atoms with E-state index in [1.807, 2.05) is 12.1 Å². The smallest absolute Gasteiger partial charge is 0.330 e. The van der Waals surface area contributed by atoms with E-state index in [4.69, 9.17) is 0 Å². The number of hydrogen-bond acceptors (Lipinski definition) is 4. The van der Waals surface area contributed by atoms with E-state index < -0.39 is 12.0 Å². The number of hydrogen-bond donors (Lipinski definition) is 2. The zero-order valence-electron chi connectivity index (χ0n) is 16.0. The fourth-order valence-corrected chi connectivity index (χ4v) is 3.18. The average Bonchev–Trinajstić information content (AvgIpc) is 2.74. The van der Waals surface area contributed by atoms with Gasteiger partial charge in [0.2, 0.25) is 5.91 Å². The van der Waals surface area contributed by atoms with Gasteiger partial charge in [0, 0.05) is 13.0 Å². The maximum absolute atomic E-state index is 12.4. The standard InChI is InChI=1S/C22H23N3O4/c26-19(24-20(22(28)29)16-9-3-1-4-10-16)13-5-2-8-14-25-15-23-18-12-7-6-11-17(18)21(25)27/h1,3-4,6-7,9-12,15,20H,2,5,8,13-14H2,(H,24,26)(H,28,29). The first-order chi connectivity index (χ1) is 14.1. The highest BCUT2D eigenvalue weighted by Gasteiger charge is 2.21. The maximum Gasteiger partial charge on any atom is 0.330 e. The number of nitrogens with one attached hydrogen (secondary N) is 1. The SMILES string of the molecule is O=C(CCCCCn1cnc2ccccc2c1=O)NC(C(=O)O)c1ccccc1. The van der Waals surface area contributed by atoms with Crippen LogP contribution in [0, 0.1) is 0 Å².